The summed E-state index contributed by atoms with van der Waals surface area (Å²) in [6, 6.07) is 18.1. The molecule has 9 heteroatoms. The van der Waals surface area contributed by atoms with Crippen molar-refractivity contribution in [1.82, 2.24) is 10.7 Å². The molecule has 30 heavy (non-hydrogen) atoms. The van der Waals surface area contributed by atoms with Crippen LogP contribution in [0.2, 0.25) is 0 Å². The third-order valence-corrected chi connectivity index (χ3v) is 4.68. The number of amides is 2. The van der Waals surface area contributed by atoms with E-state index in [0.29, 0.717) is 5.56 Å². The molecule has 0 aliphatic heterocycles. The van der Waals surface area contributed by atoms with Crippen molar-refractivity contribution >= 4 is 41.1 Å². The highest BCUT2D eigenvalue weighted by Gasteiger charge is 2.15. The van der Waals surface area contributed by atoms with Crippen molar-refractivity contribution in [3.63, 3.8) is 0 Å². The molecule has 0 saturated carbocycles. The zero-order valence-electron chi connectivity index (χ0n) is 15.5. The average molecular weight is 420 g/mol. The van der Waals surface area contributed by atoms with E-state index in [-0.39, 0.29) is 16.9 Å². The molecule has 0 unspecified atom stereocenters. The lowest BCUT2D eigenvalue weighted by Crippen LogP contribution is -2.32. The fourth-order valence-corrected chi connectivity index (χ4v) is 3.10. The second kappa shape index (κ2) is 9.89. The minimum absolute atomic E-state index is 0.00832. The highest BCUT2D eigenvalue weighted by molar-refractivity contribution is 7.10. The van der Waals surface area contributed by atoms with Crippen LogP contribution in [0.3, 0.4) is 0 Å². The predicted molar refractivity (Wildman–Crippen MR) is 115 cm³/mol. The van der Waals surface area contributed by atoms with Gasteiger partial charge in [-0.1, -0.05) is 36.4 Å². The van der Waals surface area contributed by atoms with Crippen molar-refractivity contribution in [3.8, 4) is 0 Å². The molecular formula is C21H16N4O4S. The van der Waals surface area contributed by atoms with Gasteiger partial charge in [0.2, 0.25) is 0 Å². The zero-order valence-corrected chi connectivity index (χ0v) is 16.3. The van der Waals surface area contributed by atoms with Crippen molar-refractivity contribution in [2.45, 2.75) is 0 Å². The van der Waals surface area contributed by atoms with Crippen LogP contribution < -0.4 is 10.7 Å². The number of benzene rings is 2. The number of hydrogen-bond acceptors (Lipinski definition) is 6. The second-order valence-electron chi connectivity index (χ2n) is 5.91. The van der Waals surface area contributed by atoms with Gasteiger partial charge in [0.15, 0.2) is 0 Å². The summed E-state index contributed by atoms with van der Waals surface area (Å²) < 4.78 is 0. The number of rotatable bonds is 7. The average Bonchev–Trinajstić information content (AvgIpc) is 3.27. The van der Waals surface area contributed by atoms with Crippen molar-refractivity contribution in [2.75, 3.05) is 0 Å². The van der Waals surface area contributed by atoms with E-state index in [1.54, 1.807) is 42.5 Å². The molecule has 2 amide bonds. The van der Waals surface area contributed by atoms with Gasteiger partial charge in [-0.15, -0.1) is 11.3 Å². The van der Waals surface area contributed by atoms with Gasteiger partial charge in [0, 0.05) is 16.5 Å². The van der Waals surface area contributed by atoms with Crippen molar-refractivity contribution in [1.29, 1.82) is 0 Å². The maximum atomic E-state index is 12.6. The van der Waals surface area contributed by atoms with E-state index in [1.165, 1.54) is 41.8 Å². The molecule has 0 fully saturated rings. The van der Waals surface area contributed by atoms with Crippen LogP contribution in [0.5, 0.6) is 0 Å². The van der Waals surface area contributed by atoms with Gasteiger partial charge in [0.25, 0.3) is 17.5 Å². The van der Waals surface area contributed by atoms with E-state index in [0.717, 1.165) is 4.88 Å². The first-order chi connectivity index (χ1) is 14.5. The normalized spacial score (nSPS) is 11.3. The lowest BCUT2D eigenvalue weighted by molar-refractivity contribution is -0.385. The Kier molecular flexibility index (Phi) is 6.80. The SMILES string of the molecule is O=C(N/N=C/c1ccccc1[N+](=O)[O-])/C(=C\c1cccs1)NC(=O)c1ccccc1. The summed E-state index contributed by atoms with van der Waals surface area (Å²) in [5, 5.41) is 19.3. The number of nitro benzene ring substituents is 1. The number of hydrazone groups is 1. The first kappa shape index (κ1) is 20.6. The first-order valence-electron chi connectivity index (χ1n) is 8.73. The molecule has 8 nitrogen and oxygen atoms in total. The lowest BCUT2D eigenvalue weighted by Gasteiger charge is -2.08. The maximum absolute atomic E-state index is 12.6. The van der Waals surface area contributed by atoms with Gasteiger partial charge in [0.1, 0.15) is 5.70 Å². The highest BCUT2D eigenvalue weighted by atomic mass is 32.1. The van der Waals surface area contributed by atoms with Crippen molar-refractivity contribution in [2.24, 2.45) is 5.10 Å². The molecule has 0 spiro atoms. The van der Waals surface area contributed by atoms with Gasteiger partial charge >= 0.3 is 0 Å². The van der Waals surface area contributed by atoms with Crippen LogP contribution >= 0.6 is 11.3 Å². The number of thiophene rings is 1. The third-order valence-electron chi connectivity index (χ3n) is 3.86. The smallest absolute Gasteiger partial charge is 0.287 e. The van der Waals surface area contributed by atoms with Crippen molar-refractivity contribution in [3.05, 3.63) is 104 Å². The van der Waals surface area contributed by atoms with Gasteiger partial charge in [-0.05, 0) is 35.7 Å². The molecule has 0 aliphatic rings. The van der Waals surface area contributed by atoms with Crippen LogP contribution in [0.15, 0.2) is 82.9 Å². The largest absolute Gasteiger partial charge is 0.317 e. The molecular weight excluding hydrogens is 404 g/mol. The van der Waals surface area contributed by atoms with E-state index < -0.39 is 16.7 Å². The van der Waals surface area contributed by atoms with Crippen LogP contribution in [-0.2, 0) is 4.79 Å². The van der Waals surface area contributed by atoms with E-state index >= 15 is 0 Å². The third kappa shape index (κ3) is 5.46. The summed E-state index contributed by atoms with van der Waals surface area (Å²) in [7, 11) is 0. The quantitative estimate of drug-likeness (QED) is 0.263. The lowest BCUT2D eigenvalue weighted by atomic mass is 10.2. The highest BCUT2D eigenvalue weighted by Crippen LogP contribution is 2.15. The zero-order chi connectivity index (χ0) is 21.3. The van der Waals surface area contributed by atoms with Crippen LogP contribution in [0.25, 0.3) is 6.08 Å². The molecule has 3 aromatic rings. The Bertz CT molecular complexity index is 1110. The molecule has 150 valence electrons. The standard InChI is InChI=1S/C21H16N4O4S/c26-20(15-7-2-1-3-8-15)23-18(13-17-10-6-12-30-17)21(27)24-22-14-16-9-4-5-11-19(16)25(28)29/h1-14H,(H,23,26)(H,24,27)/b18-13+,22-14+. The molecule has 0 bridgehead atoms. The molecule has 3 rings (SSSR count). The van der Waals surface area contributed by atoms with Crippen LogP contribution in [-0.4, -0.2) is 23.0 Å². The van der Waals surface area contributed by atoms with E-state index in [9.17, 15) is 19.7 Å². The number of nitrogens with one attached hydrogen (secondary N) is 2. The number of para-hydroxylation sites is 1. The van der Waals surface area contributed by atoms with E-state index in [1.807, 2.05) is 11.4 Å². The number of carbonyl (C=O) groups excluding carboxylic acids is 2. The van der Waals surface area contributed by atoms with Crippen LogP contribution in [0.1, 0.15) is 20.8 Å². The summed E-state index contributed by atoms with van der Waals surface area (Å²) in [6.07, 6.45) is 2.71. The van der Waals surface area contributed by atoms with Gasteiger partial charge in [0.05, 0.1) is 16.7 Å². The summed E-state index contributed by atoms with van der Waals surface area (Å²) in [6.45, 7) is 0. The van der Waals surface area contributed by atoms with Gasteiger partial charge < -0.3 is 5.32 Å². The molecule has 0 aliphatic carbocycles. The van der Waals surface area contributed by atoms with Crippen LogP contribution in [0.4, 0.5) is 5.69 Å². The topological polar surface area (TPSA) is 114 Å². The number of hydrogen-bond donors (Lipinski definition) is 2. The number of carbonyl (C=O) groups is 2. The first-order valence-corrected chi connectivity index (χ1v) is 9.61. The molecule has 0 atom stereocenters. The minimum Gasteiger partial charge on any atom is -0.317 e. The van der Waals surface area contributed by atoms with E-state index in [2.05, 4.69) is 15.8 Å². The monoisotopic (exact) mass is 420 g/mol. The molecule has 0 saturated heterocycles. The number of nitrogens with zero attached hydrogens (tertiary/aromatic N) is 2. The minimum atomic E-state index is -0.664. The summed E-state index contributed by atoms with van der Waals surface area (Å²) in [5.41, 5.74) is 2.78. The fraction of sp³-hybridized carbons (Fsp3) is 0. The Morgan fingerprint density at radius 1 is 1.00 bits per heavy atom. The maximum Gasteiger partial charge on any atom is 0.287 e. The molecule has 1 aromatic heterocycles. The van der Waals surface area contributed by atoms with Gasteiger partial charge in [-0.25, -0.2) is 5.43 Å². The Labute approximate surface area is 175 Å². The van der Waals surface area contributed by atoms with E-state index in [4.69, 9.17) is 0 Å². The second-order valence-corrected chi connectivity index (χ2v) is 6.89. The van der Waals surface area contributed by atoms with Crippen molar-refractivity contribution < 1.29 is 14.5 Å². The van der Waals surface area contributed by atoms with Gasteiger partial charge in [-0.3, -0.25) is 19.7 Å². The Morgan fingerprint density at radius 2 is 1.73 bits per heavy atom. The Balaban J connectivity index is 1.78. The summed E-state index contributed by atoms with van der Waals surface area (Å²) in [4.78, 5) is 36.4. The summed E-state index contributed by atoms with van der Waals surface area (Å²) in [5.74, 6) is -1.11. The molecule has 2 aromatic carbocycles. The predicted octanol–water partition coefficient (Wildman–Crippen LogP) is 3.58. The Hall–Kier alpha value is -4.11. The van der Waals surface area contributed by atoms with Crippen LogP contribution in [0, 0.1) is 10.1 Å². The number of nitro groups is 1. The molecule has 2 N–H and O–H groups in total. The molecule has 1 heterocycles. The Morgan fingerprint density at radius 3 is 2.43 bits per heavy atom. The fourth-order valence-electron chi connectivity index (χ4n) is 2.44. The summed E-state index contributed by atoms with van der Waals surface area (Å²) >= 11 is 1.40. The van der Waals surface area contributed by atoms with Gasteiger partial charge in [-0.2, -0.15) is 5.10 Å². The molecule has 0 radical (unpaired) electrons.